The SMILES string of the molecule is CCC.C[C@H](CN)NC(=O)OC(C)(C)C. The van der Waals surface area contributed by atoms with E-state index in [-0.39, 0.29) is 6.04 Å². The minimum atomic E-state index is -0.446. The number of hydrogen-bond acceptors (Lipinski definition) is 3. The maximum Gasteiger partial charge on any atom is 0.407 e. The Bertz CT molecular complexity index is 164. The van der Waals surface area contributed by atoms with Crippen molar-refractivity contribution in [2.75, 3.05) is 6.54 Å². The number of carbonyl (C=O) groups excluding carboxylic acids is 1. The summed E-state index contributed by atoms with van der Waals surface area (Å²) in [6, 6.07) is -0.0418. The maximum absolute atomic E-state index is 11.0. The number of amides is 1. The highest BCUT2D eigenvalue weighted by Gasteiger charge is 2.16. The molecule has 0 bridgehead atoms. The van der Waals surface area contributed by atoms with E-state index in [9.17, 15) is 4.79 Å². The number of nitrogens with one attached hydrogen (secondary N) is 1. The molecule has 0 saturated carbocycles. The third-order valence-electron chi connectivity index (χ3n) is 1.12. The summed E-state index contributed by atoms with van der Waals surface area (Å²) >= 11 is 0. The Kier molecular flexibility index (Phi) is 9.47. The highest BCUT2D eigenvalue weighted by Crippen LogP contribution is 2.06. The Morgan fingerprint density at radius 3 is 2.07 bits per heavy atom. The van der Waals surface area contributed by atoms with Gasteiger partial charge in [0.15, 0.2) is 0 Å². The molecule has 0 aliphatic carbocycles. The lowest BCUT2D eigenvalue weighted by atomic mass is 10.2. The quantitative estimate of drug-likeness (QED) is 0.747. The maximum atomic E-state index is 11.0. The van der Waals surface area contributed by atoms with Crippen LogP contribution in [0.4, 0.5) is 4.79 Å². The van der Waals surface area contributed by atoms with Crippen LogP contribution in [0.25, 0.3) is 0 Å². The van der Waals surface area contributed by atoms with Crippen LogP contribution in [0.5, 0.6) is 0 Å². The van der Waals surface area contributed by atoms with E-state index in [2.05, 4.69) is 19.2 Å². The summed E-state index contributed by atoms with van der Waals surface area (Å²) in [5.74, 6) is 0. The van der Waals surface area contributed by atoms with Gasteiger partial charge in [-0.05, 0) is 27.7 Å². The van der Waals surface area contributed by atoms with E-state index in [4.69, 9.17) is 10.5 Å². The fourth-order valence-corrected chi connectivity index (χ4v) is 0.568. The first-order chi connectivity index (χ1) is 6.76. The summed E-state index contributed by atoms with van der Waals surface area (Å²) in [6.07, 6.45) is 0.834. The van der Waals surface area contributed by atoms with Crippen LogP contribution in [0.2, 0.25) is 0 Å². The van der Waals surface area contributed by atoms with E-state index < -0.39 is 11.7 Å². The molecule has 0 aromatic rings. The van der Waals surface area contributed by atoms with Crippen molar-refractivity contribution in [1.29, 1.82) is 0 Å². The van der Waals surface area contributed by atoms with Gasteiger partial charge in [-0.15, -0.1) is 0 Å². The zero-order chi connectivity index (χ0) is 12.5. The van der Waals surface area contributed by atoms with E-state index in [1.54, 1.807) is 0 Å². The average molecular weight is 218 g/mol. The molecule has 15 heavy (non-hydrogen) atoms. The van der Waals surface area contributed by atoms with Gasteiger partial charge in [0.1, 0.15) is 5.60 Å². The second-order valence-electron chi connectivity index (χ2n) is 4.49. The fraction of sp³-hybridized carbons (Fsp3) is 0.909. The Morgan fingerprint density at radius 1 is 1.40 bits per heavy atom. The van der Waals surface area contributed by atoms with Crippen molar-refractivity contribution in [3.05, 3.63) is 0 Å². The first kappa shape index (κ1) is 16.7. The van der Waals surface area contributed by atoms with Gasteiger partial charge < -0.3 is 15.8 Å². The molecule has 0 aliphatic heterocycles. The molecule has 0 aromatic heterocycles. The van der Waals surface area contributed by atoms with Crippen LogP contribution in [0.1, 0.15) is 48.0 Å². The first-order valence-corrected chi connectivity index (χ1v) is 5.46. The highest BCUT2D eigenvalue weighted by molar-refractivity contribution is 5.68. The number of ether oxygens (including phenoxy) is 1. The van der Waals surface area contributed by atoms with Gasteiger partial charge in [0, 0.05) is 12.6 Å². The summed E-state index contributed by atoms with van der Waals surface area (Å²) in [4.78, 5) is 11.0. The van der Waals surface area contributed by atoms with E-state index in [1.165, 1.54) is 6.42 Å². The van der Waals surface area contributed by atoms with Gasteiger partial charge in [0.05, 0.1) is 0 Å². The van der Waals surface area contributed by atoms with Crippen LogP contribution in [-0.4, -0.2) is 24.3 Å². The Morgan fingerprint density at radius 2 is 1.80 bits per heavy atom. The van der Waals surface area contributed by atoms with Gasteiger partial charge >= 0.3 is 6.09 Å². The third-order valence-corrected chi connectivity index (χ3v) is 1.12. The molecule has 0 aliphatic rings. The van der Waals surface area contributed by atoms with Gasteiger partial charge in [0.25, 0.3) is 0 Å². The normalized spacial score (nSPS) is 12.2. The van der Waals surface area contributed by atoms with Crippen molar-refractivity contribution in [1.82, 2.24) is 5.32 Å². The van der Waals surface area contributed by atoms with Gasteiger partial charge in [-0.3, -0.25) is 0 Å². The molecule has 0 fully saturated rings. The smallest absolute Gasteiger partial charge is 0.407 e. The molecule has 4 heteroatoms. The molecule has 1 atom stereocenters. The van der Waals surface area contributed by atoms with E-state index in [0.29, 0.717) is 6.54 Å². The molecule has 4 nitrogen and oxygen atoms in total. The molecule has 92 valence electrons. The van der Waals surface area contributed by atoms with E-state index >= 15 is 0 Å². The summed E-state index contributed by atoms with van der Waals surface area (Å²) in [6.45, 7) is 11.9. The predicted octanol–water partition coefficient (Wildman–Crippen LogP) is 2.27. The van der Waals surface area contributed by atoms with Crippen molar-refractivity contribution >= 4 is 6.09 Å². The van der Waals surface area contributed by atoms with Crippen LogP contribution >= 0.6 is 0 Å². The summed E-state index contributed by atoms with van der Waals surface area (Å²) in [5, 5.41) is 2.60. The van der Waals surface area contributed by atoms with Crippen LogP contribution in [-0.2, 0) is 4.74 Å². The second kappa shape index (κ2) is 8.53. The summed E-state index contributed by atoms with van der Waals surface area (Å²) in [5.41, 5.74) is 4.87. The number of alkyl carbamates (subject to hydrolysis) is 1. The third kappa shape index (κ3) is 15.9. The molecule has 0 heterocycles. The number of carbonyl (C=O) groups is 1. The second-order valence-corrected chi connectivity index (χ2v) is 4.49. The minimum absolute atomic E-state index is 0.0418. The molecule has 0 unspecified atom stereocenters. The average Bonchev–Trinajstić information content (AvgIpc) is 2.01. The highest BCUT2D eigenvalue weighted by atomic mass is 16.6. The molecule has 0 aromatic carbocycles. The van der Waals surface area contributed by atoms with Crippen molar-refractivity contribution in [2.45, 2.75) is 59.6 Å². The van der Waals surface area contributed by atoms with E-state index in [1.807, 2.05) is 27.7 Å². The van der Waals surface area contributed by atoms with Gasteiger partial charge in [-0.1, -0.05) is 20.3 Å². The van der Waals surface area contributed by atoms with Gasteiger partial charge in [0.2, 0.25) is 0 Å². The molecule has 0 saturated heterocycles. The molecular weight excluding hydrogens is 192 g/mol. The lowest BCUT2D eigenvalue weighted by molar-refractivity contribution is 0.0510. The topological polar surface area (TPSA) is 64.3 Å². The number of nitrogens with two attached hydrogens (primary N) is 1. The van der Waals surface area contributed by atoms with Crippen LogP contribution in [0.3, 0.4) is 0 Å². The zero-order valence-electron chi connectivity index (χ0n) is 10.9. The molecule has 3 N–H and O–H groups in total. The number of hydrogen-bond donors (Lipinski definition) is 2. The molecular formula is C11H26N2O2. The van der Waals surface area contributed by atoms with Crippen LogP contribution < -0.4 is 11.1 Å². The van der Waals surface area contributed by atoms with Crippen molar-refractivity contribution in [3.63, 3.8) is 0 Å². The Balaban J connectivity index is 0. The standard InChI is InChI=1S/C8H18N2O2.C3H8/c1-6(5-9)10-7(11)12-8(2,3)4;1-3-2/h6H,5,9H2,1-4H3,(H,10,11);3H2,1-2H3/t6-;/m1./s1. The Hall–Kier alpha value is -0.770. The fourth-order valence-electron chi connectivity index (χ4n) is 0.568. The lowest BCUT2D eigenvalue weighted by Crippen LogP contribution is -2.41. The van der Waals surface area contributed by atoms with Crippen molar-refractivity contribution in [3.8, 4) is 0 Å². The monoisotopic (exact) mass is 218 g/mol. The van der Waals surface area contributed by atoms with E-state index in [0.717, 1.165) is 0 Å². The largest absolute Gasteiger partial charge is 0.444 e. The first-order valence-electron chi connectivity index (χ1n) is 5.46. The Labute approximate surface area is 93.6 Å². The summed E-state index contributed by atoms with van der Waals surface area (Å²) < 4.78 is 5.00. The molecule has 0 rings (SSSR count). The predicted molar refractivity (Wildman–Crippen MR) is 63.9 cm³/mol. The molecule has 1 amide bonds. The number of rotatable bonds is 2. The van der Waals surface area contributed by atoms with Crippen LogP contribution in [0.15, 0.2) is 0 Å². The molecule has 0 radical (unpaired) electrons. The minimum Gasteiger partial charge on any atom is -0.444 e. The zero-order valence-corrected chi connectivity index (χ0v) is 10.9. The summed E-state index contributed by atoms with van der Waals surface area (Å²) in [7, 11) is 0. The van der Waals surface area contributed by atoms with Crippen LogP contribution in [0, 0.1) is 0 Å². The van der Waals surface area contributed by atoms with Gasteiger partial charge in [-0.2, -0.15) is 0 Å². The van der Waals surface area contributed by atoms with Gasteiger partial charge in [-0.25, -0.2) is 4.79 Å². The lowest BCUT2D eigenvalue weighted by Gasteiger charge is -2.21. The molecule has 0 spiro atoms. The van der Waals surface area contributed by atoms with Crippen molar-refractivity contribution < 1.29 is 9.53 Å². The van der Waals surface area contributed by atoms with Crippen molar-refractivity contribution in [2.24, 2.45) is 5.73 Å².